The molecule has 4 rings (SSSR count). The van der Waals surface area contributed by atoms with Crippen molar-refractivity contribution in [2.75, 3.05) is 40.5 Å². The summed E-state index contributed by atoms with van der Waals surface area (Å²) in [7, 11) is 3.11. The molecule has 11 heteroatoms. The summed E-state index contributed by atoms with van der Waals surface area (Å²) in [6, 6.07) is 14.7. The fourth-order valence-electron chi connectivity index (χ4n) is 2.76. The lowest BCUT2D eigenvalue weighted by molar-refractivity contribution is -0.126. The number of benzene rings is 2. The number of carbonyl (C=O) groups excluding carboxylic acids is 2. The highest BCUT2D eigenvalue weighted by Crippen LogP contribution is 2.17. The van der Waals surface area contributed by atoms with Crippen LogP contribution in [0.2, 0.25) is 0 Å². The summed E-state index contributed by atoms with van der Waals surface area (Å²) in [4.78, 5) is 21.9. The van der Waals surface area contributed by atoms with Gasteiger partial charge < -0.3 is 30.0 Å². The van der Waals surface area contributed by atoms with Crippen LogP contribution in [0.5, 0.6) is 0 Å². The number of nitrogens with one attached hydrogen (secondary N) is 1. The van der Waals surface area contributed by atoms with Crippen LogP contribution in [0.3, 0.4) is 0 Å². The second-order valence-corrected chi connectivity index (χ2v) is 10.00. The van der Waals surface area contributed by atoms with Gasteiger partial charge in [0.25, 0.3) is 5.91 Å². The molecule has 2 fully saturated rings. The van der Waals surface area contributed by atoms with Gasteiger partial charge in [0, 0.05) is 30.0 Å². The van der Waals surface area contributed by atoms with Gasteiger partial charge in [-0.3, -0.25) is 9.59 Å². The predicted molar refractivity (Wildman–Crippen MR) is 182 cm³/mol. The predicted octanol–water partition coefficient (Wildman–Crippen LogP) is 7.25. The minimum absolute atomic E-state index is 0. The maximum absolute atomic E-state index is 11.1. The van der Waals surface area contributed by atoms with E-state index < -0.39 is 0 Å². The first kappa shape index (κ1) is 47.3. The summed E-state index contributed by atoms with van der Waals surface area (Å²) in [6.07, 6.45) is 0. The number of hydrogen-bond acceptors (Lipinski definition) is 7. The van der Waals surface area contributed by atoms with Crippen LogP contribution >= 0.6 is 31.9 Å². The summed E-state index contributed by atoms with van der Waals surface area (Å²) in [6.45, 7) is 20.2. The molecule has 0 atom stereocenters. The minimum Gasteiger partial charge on any atom is -0.355 e. The number of carbonyl (C=O) groups is 2. The Morgan fingerprint density at radius 3 is 1.17 bits per heavy atom. The van der Waals surface area contributed by atoms with E-state index >= 15 is 0 Å². The minimum atomic E-state index is -0.306. The SMILES string of the molecule is CC.CC.CC(=O)c1ccccc1Br.CC1(C)OCCO1.CC1(C)OCCO1.CN.CNC(=O)c1ccccc1Br.[B]. The Kier molecular flexibility index (Phi) is 31.8. The number of halogens is 2. The van der Waals surface area contributed by atoms with Crippen molar-refractivity contribution < 1.29 is 28.5 Å². The Morgan fingerprint density at radius 2 is 0.976 bits per heavy atom. The van der Waals surface area contributed by atoms with Gasteiger partial charge in [-0.2, -0.15) is 0 Å². The molecule has 0 aliphatic carbocycles. The molecule has 239 valence electrons. The average Bonchev–Trinajstić information content (AvgIpc) is 3.58. The van der Waals surface area contributed by atoms with E-state index in [0.29, 0.717) is 5.56 Å². The van der Waals surface area contributed by atoms with E-state index in [1.54, 1.807) is 26.1 Å². The molecule has 1 amide bonds. The maximum Gasteiger partial charge on any atom is 0.252 e. The first-order chi connectivity index (χ1) is 19.4. The van der Waals surface area contributed by atoms with Crippen LogP contribution in [0, 0.1) is 0 Å². The molecule has 3 N–H and O–H groups in total. The summed E-state index contributed by atoms with van der Waals surface area (Å²) in [5, 5.41) is 2.55. The lowest BCUT2D eigenvalue weighted by Crippen LogP contribution is -2.18. The number of rotatable bonds is 2. The molecule has 2 heterocycles. The number of hydrogen-bond donors (Lipinski definition) is 2. The highest BCUT2D eigenvalue weighted by Gasteiger charge is 2.24. The lowest BCUT2D eigenvalue weighted by Gasteiger charge is -2.13. The van der Waals surface area contributed by atoms with Crippen molar-refractivity contribution in [3.05, 3.63) is 68.6 Å². The first-order valence-electron chi connectivity index (χ1n) is 13.7. The van der Waals surface area contributed by atoms with E-state index in [1.807, 2.05) is 91.8 Å². The largest absolute Gasteiger partial charge is 0.355 e. The Morgan fingerprint density at radius 1 is 0.690 bits per heavy atom. The van der Waals surface area contributed by atoms with Gasteiger partial charge in [-0.25, -0.2) is 0 Å². The molecule has 0 saturated carbocycles. The van der Waals surface area contributed by atoms with Gasteiger partial charge >= 0.3 is 0 Å². The average molecular weight is 719 g/mol. The molecule has 8 nitrogen and oxygen atoms in total. The molecule has 0 unspecified atom stereocenters. The molecule has 2 saturated heterocycles. The molecule has 0 bridgehead atoms. The van der Waals surface area contributed by atoms with Crippen LogP contribution in [0.25, 0.3) is 0 Å². The first-order valence-corrected chi connectivity index (χ1v) is 15.3. The van der Waals surface area contributed by atoms with Crippen molar-refractivity contribution in [3.8, 4) is 0 Å². The third kappa shape index (κ3) is 22.9. The highest BCUT2D eigenvalue weighted by atomic mass is 79.9. The normalized spacial score (nSPS) is 14.5. The zero-order valence-electron chi connectivity index (χ0n) is 27.3. The van der Waals surface area contributed by atoms with Crippen LogP contribution in [-0.2, 0) is 18.9 Å². The van der Waals surface area contributed by atoms with Crippen LogP contribution < -0.4 is 11.1 Å². The fourth-order valence-corrected chi connectivity index (χ4v) is 3.79. The molecule has 2 aliphatic rings. The Balaban J connectivity index is -0.000000217. The molecule has 0 spiro atoms. The van der Waals surface area contributed by atoms with Crippen molar-refractivity contribution in [1.29, 1.82) is 0 Å². The van der Waals surface area contributed by atoms with Gasteiger partial charge in [0.1, 0.15) is 0 Å². The second-order valence-electron chi connectivity index (χ2n) is 8.29. The maximum atomic E-state index is 11.1. The highest BCUT2D eigenvalue weighted by molar-refractivity contribution is 9.10. The Labute approximate surface area is 273 Å². The van der Waals surface area contributed by atoms with E-state index in [9.17, 15) is 9.59 Å². The zero-order chi connectivity index (χ0) is 32.5. The summed E-state index contributed by atoms with van der Waals surface area (Å²) >= 11 is 6.55. The number of Topliss-reactive ketones (excluding diaryl/α,β-unsaturated/α-hetero) is 1. The van der Waals surface area contributed by atoms with Gasteiger partial charge in [-0.05, 0) is 75.8 Å². The van der Waals surface area contributed by atoms with Crippen LogP contribution in [0.1, 0.15) is 83.0 Å². The molecule has 3 radical (unpaired) electrons. The summed E-state index contributed by atoms with van der Waals surface area (Å²) < 4.78 is 22.2. The van der Waals surface area contributed by atoms with E-state index in [0.717, 1.165) is 40.9 Å². The topological polar surface area (TPSA) is 109 Å². The fraction of sp³-hybridized carbons (Fsp3) is 0.548. The van der Waals surface area contributed by atoms with E-state index in [2.05, 4.69) is 42.9 Å². The quantitative estimate of drug-likeness (QED) is 0.249. The monoisotopic (exact) mass is 717 g/mol. The van der Waals surface area contributed by atoms with Crippen molar-refractivity contribution in [2.24, 2.45) is 5.73 Å². The summed E-state index contributed by atoms with van der Waals surface area (Å²) in [5.41, 5.74) is 5.90. The van der Waals surface area contributed by atoms with Crippen molar-refractivity contribution in [2.45, 2.75) is 73.9 Å². The van der Waals surface area contributed by atoms with Crippen LogP contribution in [0.15, 0.2) is 57.5 Å². The molecular formula is C31H52BBr2N2O6. The van der Waals surface area contributed by atoms with Crippen LogP contribution in [-0.4, -0.2) is 72.2 Å². The number of amides is 1. The van der Waals surface area contributed by atoms with Crippen molar-refractivity contribution in [3.63, 3.8) is 0 Å². The van der Waals surface area contributed by atoms with Crippen molar-refractivity contribution in [1.82, 2.24) is 5.32 Å². The summed E-state index contributed by atoms with van der Waals surface area (Å²) in [5.74, 6) is -0.593. The van der Waals surface area contributed by atoms with E-state index in [-0.39, 0.29) is 31.7 Å². The number of nitrogens with two attached hydrogens (primary N) is 1. The van der Waals surface area contributed by atoms with Crippen molar-refractivity contribution >= 4 is 52.0 Å². The van der Waals surface area contributed by atoms with E-state index in [1.165, 1.54) is 7.05 Å². The van der Waals surface area contributed by atoms with Gasteiger partial charge in [0.2, 0.25) is 0 Å². The van der Waals surface area contributed by atoms with E-state index in [4.69, 9.17) is 18.9 Å². The number of ketones is 1. The molecule has 0 aromatic heterocycles. The van der Waals surface area contributed by atoms with Gasteiger partial charge in [0.05, 0.1) is 32.0 Å². The lowest BCUT2D eigenvalue weighted by atomic mass is 10.2. The molecule has 2 aromatic rings. The standard InChI is InChI=1S/C8H8BrNO.C8H7BrO.2C5H10O2.2C2H6.CH5N.B/c1-10-8(11)6-4-2-3-5-7(6)9;1-6(10)7-4-2-3-5-8(7)9;2*1-5(2)6-3-4-7-5;3*1-2;/h2-5H,1H3,(H,10,11);2-5H,1H3;2*3-4H2,1-2H3;2*1-2H3;2H2,1H3;. The molecule has 2 aromatic carbocycles. The van der Waals surface area contributed by atoms with Gasteiger partial charge in [-0.1, -0.05) is 74.0 Å². The molecule has 2 aliphatic heterocycles. The number of ether oxygens (including phenoxy) is 4. The Hall–Kier alpha value is -1.60. The van der Waals surface area contributed by atoms with Crippen LogP contribution in [0.4, 0.5) is 0 Å². The third-order valence-electron chi connectivity index (χ3n) is 4.56. The van der Waals surface area contributed by atoms with Gasteiger partial charge in [-0.15, -0.1) is 0 Å². The second kappa shape index (κ2) is 28.2. The zero-order valence-corrected chi connectivity index (χ0v) is 30.5. The molecule has 42 heavy (non-hydrogen) atoms. The Bertz CT molecular complexity index is 927. The third-order valence-corrected chi connectivity index (χ3v) is 5.95. The van der Waals surface area contributed by atoms with Gasteiger partial charge in [0.15, 0.2) is 17.4 Å². The smallest absolute Gasteiger partial charge is 0.252 e. The molecular weight excluding hydrogens is 667 g/mol.